The minimum atomic E-state index is -0.298. The highest BCUT2D eigenvalue weighted by Crippen LogP contribution is 2.29. The van der Waals surface area contributed by atoms with E-state index in [2.05, 4.69) is 20.9 Å². The summed E-state index contributed by atoms with van der Waals surface area (Å²) < 4.78 is 15.6. The Hall–Kier alpha value is -1.39. The highest BCUT2D eigenvalue weighted by Gasteiger charge is 2.08. The Balaban J connectivity index is 2.19. The molecule has 0 atom stereocenters. The van der Waals surface area contributed by atoms with Crippen LogP contribution >= 0.6 is 27.5 Å². The predicted molar refractivity (Wildman–Crippen MR) is 73.3 cm³/mol. The molecule has 0 N–H and O–H groups in total. The van der Waals surface area contributed by atoms with Crippen molar-refractivity contribution in [1.82, 2.24) is 9.38 Å². The van der Waals surface area contributed by atoms with E-state index in [1.54, 1.807) is 16.7 Å². The second-order valence-electron chi connectivity index (χ2n) is 3.86. The van der Waals surface area contributed by atoms with E-state index < -0.39 is 0 Å². The lowest BCUT2D eigenvalue weighted by atomic mass is 10.2. The van der Waals surface area contributed by atoms with Crippen molar-refractivity contribution >= 4 is 33.2 Å². The number of pyridine rings is 1. The maximum absolute atomic E-state index is 13.1. The van der Waals surface area contributed by atoms with Gasteiger partial charge < -0.3 is 4.40 Å². The molecule has 0 unspecified atom stereocenters. The third kappa shape index (κ3) is 2.02. The largest absolute Gasteiger partial charge is 0.304 e. The number of rotatable bonds is 1. The lowest BCUT2D eigenvalue weighted by Gasteiger charge is -2.00. The van der Waals surface area contributed by atoms with Crippen LogP contribution in [0.15, 0.2) is 47.2 Å². The molecule has 2 nitrogen and oxygen atoms in total. The van der Waals surface area contributed by atoms with Crippen LogP contribution in [0.4, 0.5) is 4.39 Å². The Morgan fingerprint density at radius 1 is 1.17 bits per heavy atom. The molecule has 18 heavy (non-hydrogen) atoms. The van der Waals surface area contributed by atoms with Crippen molar-refractivity contribution < 1.29 is 4.39 Å². The molecule has 0 aliphatic heterocycles. The topological polar surface area (TPSA) is 17.3 Å². The molecule has 3 rings (SSSR count). The molecular weight excluding hydrogens is 319 g/mol. The summed E-state index contributed by atoms with van der Waals surface area (Å²) in [5.74, 6) is -0.298. The molecule has 0 amide bonds. The van der Waals surface area contributed by atoms with Gasteiger partial charge in [-0.3, -0.25) is 0 Å². The average Bonchev–Trinajstić information content (AvgIpc) is 2.71. The van der Waals surface area contributed by atoms with Crippen molar-refractivity contribution in [3.05, 3.63) is 58.0 Å². The van der Waals surface area contributed by atoms with E-state index >= 15 is 0 Å². The third-order valence-electron chi connectivity index (χ3n) is 2.62. The highest BCUT2D eigenvalue weighted by atomic mass is 79.9. The van der Waals surface area contributed by atoms with Gasteiger partial charge in [-0.25, -0.2) is 9.37 Å². The van der Waals surface area contributed by atoms with Crippen molar-refractivity contribution in [3.63, 3.8) is 0 Å². The van der Waals surface area contributed by atoms with Crippen molar-refractivity contribution in [3.8, 4) is 11.3 Å². The maximum atomic E-state index is 13.1. The Morgan fingerprint density at radius 3 is 2.78 bits per heavy atom. The summed E-state index contributed by atoms with van der Waals surface area (Å²) in [6.45, 7) is 0. The average molecular weight is 326 g/mol. The Kier molecular flexibility index (Phi) is 2.84. The maximum Gasteiger partial charge on any atom is 0.139 e. The fourth-order valence-corrected chi connectivity index (χ4v) is 2.56. The van der Waals surface area contributed by atoms with E-state index in [-0.39, 0.29) is 5.82 Å². The number of aromatic nitrogens is 2. The zero-order valence-corrected chi connectivity index (χ0v) is 11.4. The number of hydrogen-bond donors (Lipinski definition) is 0. The summed E-state index contributed by atoms with van der Waals surface area (Å²) in [5, 5.41) is 0.605. The van der Waals surface area contributed by atoms with Crippen LogP contribution in [-0.4, -0.2) is 9.38 Å². The van der Waals surface area contributed by atoms with Gasteiger partial charge in [0.1, 0.15) is 11.5 Å². The van der Waals surface area contributed by atoms with Gasteiger partial charge in [-0.2, -0.15) is 0 Å². The van der Waals surface area contributed by atoms with Crippen LogP contribution in [0.25, 0.3) is 16.9 Å². The summed E-state index contributed by atoms with van der Waals surface area (Å²) in [5.41, 5.74) is 2.23. The molecule has 0 aliphatic rings. The molecule has 0 bridgehead atoms. The predicted octanol–water partition coefficient (Wildman–Crippen LogP) is 4.56. The van der Waals surface area contributed by atoms with E-state index in [0.717, 1.165) is 15.7 Å². The molecule has 0 radical (unpaired) electrons. The highest BCUT2D eigenvalue weighted by molar-refractivity contribution is 9.10. The number of nitrogens with zero attached hydrogens (tertiary/aromatic N) is 2. The van der Waals surface area contributed by atoms with E-state index in [9.17, 15) is 4.39 Å². The normalized spacial score (nSPS) is 11.1. The number of imidazole rings is 1. The minimum Gasteiger partial charge on any atom is -0.304 e. The summed E-state index contributed by atoms with van der Waals surface area (Å²) >= 11 is 9.52. The molecule has 0 fully saturated rings. The molecule has 2 aromatic heterocycles. The van der Waals surface area contributed by atoms with Gasteiger partial charge in [0.15, 0.2) is 0 Å². The lowest BCUT2D eigenvalue weighted by Crippen LogP contribution is -1.83. The fourth-order valence-electron chi connectivity index (χ4n) is 1.79. The van der Waals surface area contributed by atoms with Gasteiger partial charge in [-0.15, -0.1) is 0 Å². The smallest absolute Gasteiger partial charge is 0.139 e. The number of halogens is 3. The van der Waals surface area contributed by atoms with Gasteiger partial charge in [0.05, 0.1) is 10.7 Å². The van der Waals surface area contributed by atoms with Crippen molar-refractivity contribution in [2.45, 2.75) is 0 Å². The first-order valence-corrected chi connectivity index (χ1v) is 6.40. The van der Waals surface area contributed by atoms with Gasteiger partial charge in [0, 0.05) is 22.4 Å². The monoisotopic (exact) mass is 324 g/mol. The van der Waals surface area contributed by atoms with Crippen LogP contribution in [0.3, 0.4) is 0 Å². The molecule has 5 heteroatoms. The van der Waals surface area contributed by atoms with Crippen molar-refractivity contribution in [2.24, 2.45) is 0 Å². The molecule has 0 aliphatic carbocycles. The minimum absolute atomic E-state index is 0.298. The summed E-state index contributed by atoms with van der Waals surface area (Å²) in [6.07, 6.45) is 3.14. The number of hydrogen-bond acceptors (Lipinski definition) is 1. The summed E-state index contributed by atoms with van der Waals surface area (Å²) in [4.78, 5) is 4.41. The first-order chi connectivity index (χ1) is 8.63. The molecule has 2 heterocycles. The quantitative estimate of drug-likeness (QED) is 0.641. The second kappa shape index (κ2) is 4.37. The van der Waals surface area contributed by atoms with E-state index in [1.165, 1.54) is 12.3 Å². The Bertz CT molecular complexity index is 739. The van der Waals surface area contributed by atoms with Gasteiger partial charge in [0.25, 0.3) is 0 Å². The van der Waals surface area contributed by atoms with E-state index in [0.29, 0.717) is 10.7 Å². The first kappa shape index (κ1) is 11.7. The van der Waals surface area contributed by atoms with Gasteiger partial charge in [0.2, 0.25) is 0 Å². The molecular formula is C13H7BrClFN2. The van der Waals surface area contributed by atoms with Crippen LogP contribution in [0, 0.1) is 5.82 Å². The lowest BCUT2D eigenvalue weighted by molar-refractivity contribution is 0.619. The van der Waals surface area contributed by atoms with E-state index in [4.69, 9.17) is 11.6 Å². The van der Waals surface area contributed by atoms with Crippen LogP contribution < -0.4 is 0 Å². The van der Waals surface area contributed by atoms with Crippen LogP contribution in [-0.2, 0) is 0 Å². The number of fused-ring (bicyclic) bond motifs is 1. The Morgan fingerprint density at radius 2 is 2.00 bits per heavy atom. The molecule has 1 aromatic carbocycles. The van der Waals surface area contributed by atoms with E-state index in [1.807, 2.05) is 18.2 Å². The standard InChI is InChI=1S/C13H7BrClFN2/c14-8-1-3-10(11(15)5-8)12-7-18-6-9(16)2-4-13(18)17-12/h1-7H. The van der Waals surface area contributed by atoms with Crippen LogP contribution in [0.1, 0.15) is 0 Å². The van der Waals surface area contributed by atoms with Crippen LogP contribution in [0.5, 0.6) is 0 Å². The molecule has 0 saturated carbocycles. The number of benzene rings is 1. The third-order valence-corrected chi connectivity index (χ3v) is 3.43. The summed E-state index contributed by atoms with van der Waals surface area (Å²) in [6, 6.07) is 8.60. The Labute approximate surface area is 116 Å². The van der Waals surface area contributed by atoms with Gasteiger partial charge >= 0.3 is 0 Å². The zero-order valence-electron chi connectivity index (χ0n) is 9.07. The second-order valence-corrected chi connectivity index (χ2v) is 5.19. The molecule has 90 valence electrons. The first-order valence-electron chi connectivity index (χ1n) is 5.23. The molecule has 3 aromatic rings. The van der Waals surface area contributed by atoms with Crippen LogP contribution in [0.2, 0.25) is 5.02 Å². The van der Waals surface area contributed by atoms with Crippen molar-refractivity contribution in [2.75, 3.05) is 0 Å². The van der Waals surface area contributed by atoms with Crippen molar-refractivity contribution in [1.29, 1.82) is 0 Å². The van der Waals surface area contributed by atoms with Gasteiger partial charge in [-0.05, 0) is 24.3 Å². The zero-order chi connectivity index (χ0) is 12.7. The molecule has 0 spiro atoms. The SMILES string of the molecule is Fc1ccc2nc(-c3ccc(Br)cc3Cl)cn2c1. The fraction of sp³-hybridized carbons (Fsp3) is 0. The molecule has 0 saturated heterocycles. The summed E-state index contributed by atoms with van der Waals surface area (Å²) in [7, 11) is 0. The van der Waals surface area contributed by atoms with Gasteiger partial charge in [-0.1, -0.05) is 33.6 Å².